The molecule has 0 bridgehead atoms. The van der Waals surface area contributed by atoms with Gasteiger partial charge in [0.15, 0.2) is 0 Å². The monoisotopic (exact) mass is 229 g/mol. The van der Waals surface area contributed by atoms with E-state index in [1.807, 2.05) is 13.0 Å². The Bertz CT molecular complexity index is 299. The summed E-state index contributed by atoms with van der Waals surface area (Å²) in [6.45, 7) is 4.13. The van der Waals surface area contributed by atoms with Gasteiger partial charge in [-0.1, -0.05) is 24.6 Å². The van der Waals surface area contributed by atoms with Gasteiger partial charge in [-0.25, -0.2) is 0 Å². The highest BCUT2D eigenvalue weighted by Crippen LogP contribution is 2.29. The molecule has 1 nitrogen and oxygen atoms in total. The van der Waals surface area contributed by atoms with Crippen molar-refractivity contribution in [1.82, 2.24) is 0 Å². The number of nitrogens with two attached hydrogens (primary N) is 1. The number of hydrogen-bond donors (Lipinski definition) is 1. The zero-order valence-electron chi connectivity index (χ0n) is 8.59. The van der Waals surface area contributed by atoms with Crippen LogP contribution in [0.5, 0.6) is 0 Å². The van der Waals surface area contributed by atoms with E-state index in [2.05, 4.69) is 19.1 Å². The van der Waals surface area contributed by atoms with Gasteiger partial charge in [0.1, 0.15) is 0 Å². The molecule has 0 aromatic heterocycles. The van der Waals surface area contributed by atoms with E-state index in [9.17, 15) is 0 Å². The van der Waals surface area contributed by atoms with E-state index in [4.69, 9.17) is 17.3 Å². The van der Waals surface area contributed by atoms with E-state index in [1.165, 1.54) is 0 Å². The van der Waals surface area contributed by atoms with Crippen LogP contribution in [-0.2, 0) is 0 Å². The molecule has 0 aliphatic rings. The summed E-state index contributed by atoms with van der Waals surface area (Å²) in [4.78, 5) is 1.15. The van der Waals surface area contributed by atoms with Crippen LogP contribution < -0.4 is 5.73 Å². The molecule has 0 aliphatic heterocycles. The molecule has 0 fully saturated rings. The number of rotatable bonds is 4. The molecule has 0 spiro atoms. The second-order valence-corrected chi connectivity index (χ2v) is 4.87. The molecule has 0 amide bonds. The molecule has 1 rings (SSSR count). The summed E-state index contributed by atoms with van der Waals surface area (Å²) in [6, 6.07) is 6.12. The van der Waals surface area contributed by atoms with Gasteiger partial charge in [0.25, 0.3) is 0 Å². The van der Waals surface area contributed by atoms with Crippen LogP contribution >= 0.6 is 23.4 Å². The third-order valence-electron chi connectivity index (χ3n) is 1.94. The topological polar surface area (TPSA) is 26.0 Å². The van der Waals surface area contributed by atoms with E-state index in [0.717, 1.165) is 27.7 Å². The Labute approximate surface area is 95.0 Å². The Hall–Kier alpha value is -0.180. The summed E-state index contributed by atoms with van der Waals surface area (Å²) in [7, 11) is 0. The third kappa shape index (κ3) is 3.19. The summed E-state index contributed by atoms with van der Waals surface area (Å²) >= 11 is 7.93. The summed E-state index contributed by atoms with van der Waals surface area (Å²) in [5.41, 5.74) is 6.86. The molecule has 14 heavy (non-hydrogen) atoms. The van der Waals surface area contributed by atoms with Crippen LogP contribution in [0.1, 0.15) is 31.9 Å². The van der Waals surface area contributed by atoms with E-state index in [-0.39, 0.29) is 6.04 Å². The fourth-order valence-electron chi connectivity index (χ4n) is 1.13. The first-order valence-corrected chi connectivity index (χ1v) is 6.19. The van der Waals surface area contributed by atoms with Gasteiger partial charge in [-0.15, -0.1) is 11.8 Å². The average molecular weight is 230 g/mol. The number of thioether (sulfide) groups is 1. The first kappa shape index (κ1) is 11.9. The van der Waals surface area contributed by atoms with Crippen molar-refractivity contribution in [3.63, 3.8) is 0 Å². The Morgan fingerprint density at radius 1 is 1.50 bits per heavy atom. The van der Waals surface area contributed by atoms with Crippen molar-refractivity contribution in [1.29, 1.82) is 0 Å². The SMILES string of the molecule is CCCSc1ccc(C(C)N)cc1Cl. The van der Waals surface area contributed by atoms with E-state index in [0.29, 0.717) is 0 Å². The molecule has 0 saturated heterocycles. The predicted octanol–water partition coefficient (Wildman–Crippen LogP) is 3.86. The highest BCUT2D eigenvalue weighted by atomic mass is 35.5. The third-order valence-corrected chi connectivity index (χ3v) is 3.65. The van der Waals surface area contributed by atoms with E-state index >= 15 is 0 Å². The minimum absolute atomic E-state index is 0.0534. The highest BCUT2D eigenvalue weighted by molar-refractivity contribution is 7.99. The molecule has 1 aromatic rings. The number of hydrogen-bond acceptors (Lipinski definition) is 2. The molecule has 0 saturated carbocycles. The lowest BCUT2D eigenvalue weighted by atomic mass is 10.1. The fraction of sp³-hybridized carbons (Fsp3) is 0.455. The zero-order valence-corrected chi connectivity index (χ0v) is 10.2. The van der Waals surface area contributed by atoms with Crippen LogP contribution in [0.2, 0.25) is 5.02 Å². The van der Waals surface area contributed by atoms with Crippen molar-refractivity contribution >= 4 is 23.4 Å². The molecule has 0 radical (unpaired) electrons. The molecule has 1 unspecified atom stereocenters. The van der Waals surface area contributed by atoms with Crippen LogP contribution in [0, 0.1) is 0 Å². The van der Waals surface area contributed by atoms with Crippen molar-refractivity contribution in [3.05, 3.63) is 28.8 Å². The Morgan fingerprint density at radius 3 is 2.71 bits per heavy atom. The summed E-state index contributed by atoms with van der Waals surface area (Å²) in [5.74, 6) is 1.11. The number of benzene rings is 1. The van der Waals surface area contributed by atoms with E-state index < -0.39 is 0 Å². The zero-order chi connectivity index (χ0) is 10.6. The standard InChI is InChI=1S/C11H16ClNS/c1-3-6-14-11-5-4-9(8(2)13)7-10(11)12/h4-5,7-8H,3,6,13H2,1-2H3. The van der Waals surface area contributed by atoms with Gasteiger partial charge in [-0.2, -0.15) is 0 Å². The first-order valence-electron chi connectivity index (χ1n) is 4.83. The lowest BCUT2D eigenvalue weighted by Gasteiger charge is -2.08. The molecule has 2 N–H and O–H groups in total. The first-order chi connectivity index (χ1) is 6.65. The smallest absolute Gasteiger partial charge is 0.0545 e. The van der Waals surface area contributed by atoms with Crippen molar-refractivity contribution < 1.29 is 0 Å². The minimum atomic E-state index is 0.0534. The van der Waals surface area contributed by atoms with Gasteiger partial charge >= 0.3 is 0 Å². The lowest BCUT2D eigenvalue weighted by Crippen LogP contribution is -2.04. The van der Waals surface area contributed by atoms with Gasteiger partial charge < -0.3 is 5.73 Å². The normalized spacial score (nSPS) is 12.9. The van der Waals surface area contributed by atoms with Crippen molar-refractivity contribution in [3.8, 4) is 0 Å². The van der Waals surface area contributed by atoms with Crippen LogP contribution in [0.4, 0.5) is 0 Å². The molecular formula is C11H16ClNS. The quantitative estimate of drug-likeness (QED) is 0.794. The van der Waals surface area contributed by atoms with Crippen LogP contribution in [-0.4, -0.2) is 5.75 Å². The second-order valence-electron chi connectivity index (χ2n) is 3.33. The van der Waals surface area contributed by atoms with Gasteiger partial charge in [0.2, 0.25) is 0 Å². The van der Waals surface area contributed by atoms with E-state index in [1.54, 1.807) is 11.8 Å². The maximum atomic E-state index is 6.13. The summed E-state index contributed by atoms with van der Waals surface area (Å²) < 4.78 is 0. The minimum Gasteiger partial charge on any atom is -0.324 e. The Kier molecular flexibility index (Phi) is 4.79. The molecule has 78 valence electrons. The van der Waals surface area contributed by atoms with Crippen molar-refractivity contribution in [2.24, 2.45) is 5.73 Å². The van der Waals surface area contributed by atoms with Gasteiger partial charge in [0.05, 0.1) is 5.02 Å². The molecular weight excluding hydrogens is 214 g/mol. The van der Waals surface area contributed by atoms with Crippen molar-refractivity contribution in [2.45, 2.75) is 31.2 Å². The van der Waals surface area contributed by atoms with Crippen LogP contribution in [0.15, 0.2) is 23.1 Å². The molecule has 0 heterocycles. The Morgan fingerprint density at radius 2 is 2.21 bits per heavy atom. The molecule has 3 heteroatoms. The maximum absolute atomic E-state index is 6.13. The fourth-order valence-corrected chi connectivity index (χ4v) is 2.27. The van der Waals surface area contributed by atoms with Gasteiger partial charge in [-0.05, 0) is 36.8 Å². The molecule has 1 atom stereocenters. The van der Waals surface area contributed by atoms with Crippen LogP contribution in [0.25, 0.3) is 0 Å². The van der Waals surface area contributed by atoms with Crippen molar-refractivity contribution in [2.75, 3.05) is 5.75 Å². The van der Waals surface area contributed by atoms with Gasteiger partial charge in [0, 0.05) is 10.9 Å². The lowest BCUT2D eigenvalue weighted by molar-refractivity contribution is 0.817. The Balaban J connectivity index is 2.79. The average Bonchev–Trinajstić information content (AvgIpc) is 2.15. The van der Waals surface area contributed by atoms with Crippen LogP contribution in [0.3, 0.4) is 0 Å². The largest absolute Gasteiger partial charge is 0.324 e. The molecule has 0 aliphatic carbocycles. The number of halogens is 1. The van der Waals surface area contributed by atoms with Gasteiger partial charge in [-0.3, -0.25) is 0 Å². The summed E-state index contributed by atoms with van der Waals surface area (Å²) in [6.07, 6.45) is 1.16. The molecule has 1 aromatic carbocycles. The second kappa shape index (κ2) is 5.64. The summed E-state index contributed by atoms with van der Waals surface area (Å²) in [5, 5.41) is 0.818. The maximum Gasteiger partial charge on any atom is 0.0545 e. The predicted molar refractivity (Wildman–Crippen MR) is 65.1 cm³/mol. The highest BCUT2D eigenvalue weighted by Gasteiger charge is 2.04.